The van der Waals surface area contributed by atoms with Crippen LogP contribution in [0.5, 0.6) is 17.2 Å². The molecule has 2 aromatic rings. The Morgan fingerprint density at radius 3 is 2.45 bits per heavy atom. The van der Waals surface area contributed by atoms with Gasteiger partial charge in [-0.25, -0.2) is 4.79 Å². The Morgan fingerprint density at radius 2 is 1.83 bits per heavy atom. The molecule has 0 atom stereocenters. The average Bonchev–Trinajstić information content (AvgIpc) is 2.72. The van der Waals surface area contributed by atoms with Crippen molar-refractivity contribution in [3.05, 3.63) is 52.1 Å². The van der Waals surface area contributed by atoms with Crippen LogP contribution in [0, 0.1) is 10.1 Å². The van der Waals surface area contributed by atoms with Crippen LogP contribution >= 0.6 is 0 Å². The molecule has 0 saturated heterocycles. The zero-order chi connectivity index (χ0) is 21.4. The molecule has 0 aliphatic carbocycles. The van der Waals surface area contributed by atoms with E-state index in [1.807, 2.05) is 0 Å². The third-order valence-corrected chi connectivity index (χ3v) is 3.71. The molecular formula is C19H20N2O8. The Balaban J connectivity index is 2.03. The molecule has 0 radical (unpaired) electrons. The van der Waals surface area contributed by atoms with Crippen molar-refractivity contribution < 1.29 is 33.5 Å². The minimum Gasteiger partial charge on any atom is -0.497 e. The first-order chi connectivity index (χ1) is 13.9. The summed E-state index contributed by atoms with van der Waals surface area (Å²) in [5, 5.41) is 13.7. The average molecular weight is 404 g/mol. The van der Waals surface area contributed by atoms with E-state index in [-0.39, 0.29) is 23.6 Å². The third kappa shape index (κ3) is 5.58. The van der Waals surface area contributed by atoms with Gasteiger partial charge in [-0.3, -0.25) is 14.9 Å². The van der Waals surface area contributed by atoms with E-state index in [1.165, 1.54) is 26.4 Å². The maximum atomic E-state index is 12.1. The second-order valence-corrected chi connectivity index (χ2v) is 5.56. The van der Waals surface area contributed by atoms with Crippen molar-refractivity contribution in [2.45, 2.75) is 6.92 Å². The van der Waals surface area contributed by atoms with E-state index < -0.39 is 23.4 Å². The Morgan fingerprint density at radius 1 is 1.07 bits per heavy atom. The molecule has 0 fully saturated rings. The SMILES string of the molecule is CCOc1ccc(C(=O)OCC(=O)Nc2ccc(OC)cc2OC)cc1[N+](=O)[O-]. The Kier molecular flexibility index (Phi) is 7.35. The minimum absolute atomic E-state index is 0.0402. The normalized spacial score (nSPS) is 10.0. The number of nitrogens with zero attached hydrogens (tertiary/aromatic N) is 1. The molecule has 1 N–H and O–H groups in total. The van der Waals surface area contributed by atoms with E-state index >= 15 is 0 Å². The molecule has 2 rings (SSSR count). The molecule has 10 nitrogen and oxygen atoms in total. The van der Waals surface area contributed by atoms with Crippen molar-refractivity contribution in [3.8, 4) is 17.2 Å². The Labute approximate surface area is 166 Å². The van der Waals surface area contributed by atoms with Gasteiger partial charge in [0.2, 0.25) is 0 Å². The molecule has 2 aromatic carbocycles. The van der Waals surface area contributed by atoms with Crippen molar-refractivity contribution in [3.63, 3.8) is 0 Å². The first kappa shape index (κ1) is 21.5. The molecule has 0 aliphatic rings. The number of hydrogen-bond acceptors (Lipinski definition) is 8. The maximum Gasteiger partial charge on any atom is 0.338 e. The van der Waals surface area contributed by atoms with Gasteiger partial charge in [0.1, 0.15) is 11.5 Å². The second-order valence-electron chi connectivity index (χ2n) is 5.56. The third-order valence-electron chi connectivity index (χ3n) is 3.71. The fraction of sp³-hybridized carbons (Fsp3) is 0.263. The number of methoxy groups -OCH3 is 2. The molecule has 0 unspecified atom stereocenters. The maximum absolute atomic E-state index is 12.1. The standard InChI is InChI=1S/C19H20N2O8/c1-4-28-16-8-5-12(9-15(16)21(24)25)19(23)29-11-18(22)20-14-7-6-13(26-2)10-17(14)27-3/h5-10H,4,11H2,1-3H3,(H,20,22). The van der Waals surface area contributed by atoms with Crippen LogP contribution in [-0.4, -0.2) is 44.2 Å². The molecule has 154 valence electrons. The molecule has 10 heteroatoms. The molecule has 0 spiro atoms. The number of ether oxygens (including phenoxy) is 4. The van der Waals surface area contributed by atoms with Gasteiger partial charge in [0.25, 0.3) is 5.91 Å². The van der Waals surface area contributed by atoms with E-state index in [1.54, 1.807) is 25.1 Å². The molecule has 0 saturated carbocycles. The van der Waals surface area contributed by atoms with Crippen molar-refractivity contribution in [1.29, 1.82) is 0 Å². The number of benzene rings is 2. The Bertz CT molecular complexity index is 913. The molecule has 1 amide bonds. The number of nitrogens with one attached hydrogen (secondary N) is 1. The van der Waals surface area contributed by atoms with E-state index in [0.29, 0.717) is 17.2 Å². The molecule has 0 aliphatic heterocycles. The van der Waals surface area contributed by atoms with Gasteiger partial charge in [-0.05, 0) is 31.2 Å². The number of hydrogen-bond donors (Lipinski definition) is 1. The van der Waals surface area contributed by atoms with Crippen LogP contribution in [0.2, 0.25) is 0 Å². The number of nitro groups is 1. The van der Waals surface area contributed by atoms with E-state index in [2.05, 4.69) is 5.32 Å². The summed E-state index contributed by atoms with van der Waals surface area (Å²) in [6, 6.07) is 8.46. The first-order valence-electron chi connectivity index (χ1n) is 8.49. The number of nitro benzene ring substituents is 1. The fourth-order valence-electron chi connectivity index (χ4n) is 2.37. The van der Waals surface area contributed by atoms with E-state index in [9.17, 15) is 19.7 Å². The van der Waals surface area contributed by atoms with Gasteiger partial charge in [0.15, 0.2) is 12.4 Å². The molecular weight excluding hydrogens is 384 g/mol. The number of carbonyl (C=O) groups is 2. The monoisotopic (exact) mass is 404 g/mol. The summed E-state index contributed by atoms with van der Waals surface area (Å²) < 4.78 is 20.3. The summed E-state index contributed by atoms with van der Waals surface area (Å²) in [6.07, 6.45) is 0. The summed E-state index contributed by atoms with van der Waals surface area (Å²) >= 11 is 0. The van der Waals surface area contributed by atoms with Crippen LogP contribution < -0.4 is 19.5 Å². The lowest BCUT2D eigenvalue weighted by Crippen LogP contribution is -2.21. The number of carbonyl (C=O) groups excluding carboxylic acids is 2. The van der Waals surface area contributed by atoms with Crippen LogP contribution in [0.3, 0.4) is 0 Å². The van der Waals surface area contributed by atoms with Crippen LogP contribution in [0.4, 0.5) is 11.4 Å². The highest BCUT2D eigenvalue weighted by Gasteiger charge is 2.20. The molecule has 0 bridgehead atoms. The van der Waals surface area contributed by atoms with Crippen molar-refractivity contribution in [2.24, 2.45) is 0 Å². The summed E-state index contributed by atoms with van der Waals surface area (Å²) in [5.41, 5.74) is -0.0743. The van der Waals surface area contributed by atoms with Crippen molar-refractivity contribution in [2.75, 3.05) is 32.8 Å². The van der Waals surface area contributed by atoms with Gasteiger partial charge in [0.05, 0.1) is 37.0 Å². The zero-order valence-corrected chi connectivity index (χ0v) is 16.1. The smallest absolute Gasteiger partial charge is 0.338 e. The lowest BCUT2D eigenvalue weighted by Gasteiger charge is -2.12. The highest BCUT2D eigenvalue weighted by atomic mass is 16.6. The summed E-state index contributed by atoms with van der Waals surface area (Å²) in [4.78, 5) is 34.7. The molecule has 0 heterocycles. The van der Waals surface area contributed by atoms with Gasteiger partial charge in [0, 0.05) is 12.1 Å². The highest BCUT2D eigenvalue weighted by molar-refractivity contribution is 5.96. The second kappa shape index (κ2) is 9.93. The number of anilines is 1. The van der Waals surface area contributed by atoms with Crippen molar-refractivity contribution >= 4 is 23.3 Å². The molecule has 0 aromatic heterocycles. The summed E-state index contributed by atoms with van der Waals surface area (Å²) in [5.74, 6) is -0.539. The number of esters is 1. The highest BCUT2D eigenvalue weighted by Crippen LogP contribution is 2.29. The van der Waals surface area contributed by atoms with E-state index in [4.69, 9.17) is 18.9 Å². The molecule has 29 heavy (non-hydrogen) atoms. The largest absolute Gasteiger partial charge is 0.497 e. The van der Waals surface area contributed by atoms with Crippen LogP contribution in [0.25, 0.3) is 0 Å². The fourth-order valence-corrected chi connectivity index (χ4v) is 2.37. The Hall–Kier alpha value is -3.82. The first-order valence-corrected chi connectivity index (χ1v) is 8.49. The van der Waals surface area contributed by atoms with Gasteiger partial charge in [-0.1, -0.05) is 0 Å². The van der Waals surface area contributed by atoms with Crippen LogP contribution in [0.1, 0.15) is 17.3 Å². The quantitative estimate of drug-likeness (QED) is 0.384. The minimum atomic E-state index is -0.881. The van der Waals surface area contributed by atoms with Gasteiger partial charge in [-0.2, -0.15) is 0 Å². The van der Waals surface area contributed by atoms with Crippen LogP contribution in [0.15, 0.2) is 36.4 Å². The summed E-state index contributed by atoms with van der Waals surface area (Å²) in [6.45, 7) is 1.33. The number of rotatable bonds is 9. The lowest BCUT2D eigenvalue weighted by atomic mass is 10.2. The zero-order valence-electron chi connectivity index (χ0n) is 16.1. The van der Waals surface area contributed by atoms with E-state index in [0.717, 1.165) is 6.07 Å². The number of amides is 1. The predicted octanol–water partition coefficient (Wildman–Crippen LogP) is 2.81. The lowest BCUT2D eigenvalue weighted by molar-refractivity contribution is -0.385. The van der Waals surface area contributed by atoms with Gasteiger partial charge >= 0.3 is 11.7 Å². The van der Waals surface area contributed by atoms with Crippen molar-refractivity contribution in [1.82, 2.24) is 0 Å². The van der Waals surface area contributed by atoms with Gasteiger partial charge in [-0.15, -0.1) is 0 Å². The van der Waals surface area contributed by atoms with Crippen LogP contribution in [-0.2, 0) is 9.53 Å². The topological polar surface area (TPSA) is 126 Å². The summed E-state index contributed by atoms with van der Waals surface area (Å²) in [7, 11) is 2.93. The van der Waals surface area contributed by atoms with Gasteiger partial charge < -0.3 is 24.3 Å². The predicted molar refractivity (Wildman–Crippen MR) is 103 cm³/mol.